The van der Waals surface area contributed by atoms with Gasteiger partial charge in [0.05, 0.1) is 18.0 Å². The molecule has 4 saturated carbocycles. The number of halogens is 2. The van der Waals surface area contributed by atoms with Gasteiger partial charge in [0.15, 0.2) is 0 Å². The molecule has 0 aromatic heterocycles. The van der Waals surface area contributed by atoms with Crippen LogP contribution in [-0.2, 0) is 10.2 Å². The quantitative estimate of drug-likeness (QED) is 0.723. The van der Waals surface area contributed by atoms with Gasteiger partial charge in [0, 0.05) is 0 Å². The van der Waals surface area contributed by atoms with Crippen molar-refractivity contribution in [2.45, 2.75) is 82.1 Å². The first-order valence-electron chi connectivity index (χ1n) is 11.8. The lowest BCUT2D eigenvalue weighted by atomic mass is 9.37. The zero-order valence-corrected chi connectivity index (χ0v) is 18.0. The second-order valence-corrected chi connectivity index (χ2v) is 10.9. The number of rotatable bonds is 5. The van der Waals surface area contributed by atoms with E-state index in [9.17, 15) is 13.6 Å². The van der Waals surface area contributed by atoms with Crippen LogP contribution in [0.3, 0.4) is 0 Å². The summed E-state index contributed by atoms with van der Waals surface area (Å²) in [4.78, 5) is 13.7. The molecule has 5 atom stereocenters. The number of hydrogen-bond donors (Lipinski definition) is 2. The van der Waals surface area contributed by atoms with Crippen LogP contribution in [0.5, 0.6) is 0 Å². The van der Waals surface area contributed by atoms with Crippen molar-refractivity contribution in [2.75, 3.05) is 13.1 Å². The predicted octanol–water partition coefficient (Wildman–Crippen LogP) is 4.81. The molecular weight excluding hydrogens is 382 g/mol. The van der Waals surface area contributed by atoms with Gasteiger partial charge in [0.25, 0.3) is 5.92 Å². The van der Waals surface area contributed by atoms with E-state index >= 15 is 0 Å². The molecule has 4 aliphatic carbocycles. The summed E-state index contributed by atoms with van der Waals surface area (Å²) >= 11 is 0. The van der Waals surface area contributed by atoms with Gasteiger partial charge in [0.1, 0.15) is 0 Å². The van der Waals surface area contributed by atoms with Gasteiger partial charge in [-0.2, -0.15) is 0 Å². The van der Waals surface area contributed by atoms with Crippen LogP contribution in [0.15, 0.2) is 30.3 Å². The normalized spacial score (nSPS) is 41.6. The lowest BCUT2D eigenvalue weighted by Crippen LogP contribution is -2.65. The monoisotopic (exact) mass is 416 g/mol. The molecule has 1 aliphatic heterocycles. The fourth-order valence-electron chi connectivity index (χ4n) is 8.14. The summed E-state index contributed by atoms with van der Waals surface area (Å²) < 4.78 is 28.9. The van der Waals surface area contributed by atoms with E-state index in [1.807, 2.05) is 6.07 Å². The predicted molar refractivity (Wildman–Crippen MR) is 113 cm³/mol. The molecule has 30 heavy (non-hydrogen) atoms. The van der Waals surface area contributed by atoms with Crippen molar-refractivity contribution in [2.24, 2.45) is 16.7 Å². The van der Waals surface area contributed by atoms with Crippen molar-refractivity contribution in [1.82, 2.24) is 10.6 Å². The van der Waals surface area contributed by atoms with Gasteiger partial charge >= 0.3 is 0 Å². The second kappa shape index (κ2) is 7.01. The maximum absolute atomic E-state index is 14.5. The Morgan fingerprint density at radius 3 is 2.67 bits per heavy atom. The molecule has 164 valence electrons. The highest BCUT2D eigenvalue weighted by Crippen LogP contribution is 2.71. The third kappa shape index (κ3) is 3.19. The molecule has 6 rings (SSSR count). The van der Waals surface area contributed by atoms with E-state index in [0.717, 1.165) is 44.9 Å². The Labute approximate surface area is 178 Å². The molecule has 1 saturated heterocycles. The number of benzene rings is 1. The largest absolute Gasteiger partial charge is 0.347 e. The van der Waals surface area contributed by atoms with Gasteiger partial charge in [-0.1, -0.05) is 43.7 Å². The SMILES string of the molecule is CCC[C@]12CC3CC(C(=O)NC4CCNCC4(F)F)(C1)C[C@@](c1ccccc1)(C3)C2. The van der Waals surface area contributed by atoms with Crippen molar-refractivity contribution < 1.29 is 13.6 Å². The number of piperidine rings is 1. The minimum absolute atomic E-state index is 0.0177. The van der Waals surface area contributed by atoms with Crippen LogP contribution in [0.2, 0.25) is 0 Å². The fraction of sp³-hybridized carbons (Fsp3) is 0.720. The Morgan fingerprint density at radius 1 is 1.13 bits per heavy atom. The van der Waals surface area contributed by atoms with Gasteiger partial charge in [-0.05, 0) is 80.2 Å². The third-order valence-electron chi connectivity index (χ3n) is 8.62. The summed E-state index contributed by atoms with van der Waals surface area (Å²) in [5, 5.41) is 5.63. The Bertz CT molecular complexity index is 815. The van der Waals surface area contributed by atoms with E-state index in [-0.39, 0.29) is 23.3 Å². The maximum atomic E-state index is 14.5. The second-order valence-electron chi connectivity index (χ2n) is 10.9. The summed E-state index contributed by atoms with van der Waals surface area (Å²) in [6.45, 7) is 2.42. The molecule has 1 amide bonds. The van der Waals surface area contributed by atoms with Crippen molar-refractivity contribution in [3.05, 3.63) is 35.9 Å². The molecule has 1 heterocycles. The van der Waals surface area contributed by atoms with Gasteiger partial charge in [-0.15, -0.1) is 0 Å². The van der Waals surface area contributed by atoms with E-state index in [0.29, 0.717) is 18.9 Å². The fourth-order valence-corrected chi connectivity index (χ4v) is 8.14. The van der Waals surface area contributed by atoms with E-state index < -0.39 is 17.4 Å². The molecule has 1 aromatic rings. The minimum Gasteiger partial charge on any atom is -0.347 e. The summed E-state index contributed by atoms with van der Waals surface area (Å²) in [5.74, 6) is -2.46. The van der Waals surface area contributed by atoms with Gasteiger partial charge in [-0.25, -0.2) is 8.78 Å². The number of amides is 1. The van der Waals surface area contributed by atoms with E-state index in [1.54, 1.807) is 0 Å². The minimum atomic E-state index is -2.88. The summed E-state index contributed by atoms with van der Waals surface area (Å²) in [7, 11) is 0. The number of carbonyl (C=O) groups is 1. The Kier molecular flexibility index (Phi) is 4.77. The van der Waals surface area contributed by atoms with Crippen LogP contribution >= 0.6 is 0 Å². The molecule has 3 unspecified atom stereocenters. The van der Waals surface area contributed by atoms with Crippen molar-refractivity contribution in [1.29, 1.82) is 0 Å². The van der Waals surface area contributed by atoms with Crippen molar-refractivity contribution >= 4 is 5.91 Å². The molecule has 5 heteroatoms. The van der Waals surface area contributed by atoms with Crippen LogP contribution in [0.25, 0.3) is 0 Å². The molecule has 2 N–H and O–H groups in total. The average Bonchev–Trinajstić information content (AvgIpc) is 2.69. The zero-order valence-electron chi connectivity index (χ0n) is 18.0. The van der Waals surface area contributed by atoms with E-state index in [4.69, 9.17) is 0 Å². The van der Waals surface area contributed by atoms with Gasteiger partial charge in [0.2, 0.25) is 5.91 Å². The van der Waals surface area contributed by atoms with Crippen LogP contribution in [0.4, 0.5) is 8.78 Å². The Hall–Kier alpha value is -1.49. The maximum Gasteiger partial charge on any atom is 0.280 e. The van der Waals surface area contributed by atoms with Crippen LogP contribution in [0.1, 0.15) is 70.3 Å². The van der Waals surface area contributed by atoms with Crippen LogP contribution in [0, 0.1) is 16.7 Å². The van der Waals surface area contributed by atoms with Gasteiger partial charge in [-0.3, -0.25) is 4.79 Å². The first kappa shape index (κ1) is 20.4. The molecule has 4 bridgehead atoms. The summed E-state index contributed by atoms with van der Waals surface area (Å²) in [5.41, 5.74) is 1.05. The number of nitrogens with one attached hydrogen (secondary N) is 2. The van der Waals surface area contributed by atoms with Crippen LogP contribution < -0.4 is 10.6 Å². The molecule has 1 aromatic carbocycles. The Morgan fingerprint density at radius 2 is 1.93 bits per heavy atom. The number of alkyl halides is 2. The van der Waals surface area contributed by atoms with E-state index in [2.05, 4.69) is 41.8 Å². The van der Waals surface area contributed by atoms with Crippen LogP contribution in [-0.4, -0.2) is 31.0 Å². The molecule has 3 nitrogen and oxygen atoms in total. The topological polar surface area (TPSA) is 41.1 Å². The highest BCUT2D eigenvalue weighted by atomic mass is 19.3. The van der Waals surface area contributed by atoms with Crippen molar-refractivity contribution in [3.8, 4) is 0 Å². The Balaban J connectivity index is 1.49. The van der Waals surface area contributed by atoms with Crippen molar-refractivity contribution in [3.63, 3.8) is 0 Å². The average molecular weight is 417 g/mol. The molecule has 0 radical (unpaired) electrons. The number of carbonyl (C=O) groups excluding carboxylic acids is 1. The van der Waals surface area contributed by atoms with Gasteiger partial charge < -0.3 is 10.6 Å². The molecule has 5 fully saturated rings. The number of hydrogen-bond acceptors (Lipinski definition) is 2. The first-order valence-corrected chi connectivity index (χ1v) is 11.8. The lowest BCUT2D eigenvalue weighted by Gasteiger charge is -2.66. The molecular formula is C25H34F2N2O. The summed E-state index contributed by atoms with van der Waals surface area (Å²) in [6.07, 6.45) is 8.59. The highest BCUT2D eigenvalue weighted by molar-refractivity contribution is 5.84. The smallest absolute Gasteiger partial charge is 0.280 e. The van der Waals surface area contributed by atoms with E-state index in [1.165, 1.54) is 12.0 Å². The highest BCUT2D eigenvalue weighted by Gasteiger charge is 2.65. The molecule has 0 spiro atoms. The summed E-state index contributed by atoms with van der Waals surface area (Å²) in [6, 6.07) is 9.64. The molecule has 5 aliphatic rings. The lowest BCUT2D eigenvalue weighted by molar-refractivity contribution is -0.167. The standard InChI is InChI=1S/C25H34F2N2O/c1-2-9-22-11-18-12-23(14-22,19-6-4-3-5-7-19)16-24(13-18,15-22)21(30)29-20-8-10-28-17-25(20,26)27/h3-7,18,20,28H,2,8-17H2,1H3,(H,29,30)/t18?,20?,22-,23-,24?/m1/s1. The first-order chi connectivity index (χ1) is 14.3. The zero-order chi connectivity index (χ0) is 21.0. The third-order valence-corrected chi connectivity index (χ3v) is 8.62.